The lowest BCUT2D eigenvalue weighted by Gasteiger charge is -2.31. The molecule has 1 saturated heterocycles. The highest BCUT2D eigenvalue weighted by atomic mass is 35.5. The highest BCUT2D eigenvalue weighted by Crippen LogP contribution is 2.20. The Morgan fingerprint density at radius 2 is 1.65 bits per heavy atom. The molecule has 2 aromatic rings. The van der Waals surface area contributed by atoms with E-state index in [2.05, 4.69) is 5.32 Å². The molecule has 1 fully saturated rings. The summed E-state index contributed by atoms with van der Waals surface area (Å²) >= 11 is 6.04. The van der Waals surface area contributed by atoms with E-state index in [1.807, 2.05) is 6.07 Å². The van der Waals surface area contributed by atoms with Gasteiger partial charge in [0.2, 0.25) is 10.0 Å². The third-order valence-electron chi connectivity index (χ3n) is 4.37. The number of carbonyl (C=O) groups is 1. The van der Waals surface area contributed by atoms with Crippen LogP contribution in [0.25, 0.3) is 0 Å². The Bertz CT molecular complexity index is 866. The van der Waals surface area contributed by atoms with Gasteiger partial charge in [0, 0.05) is 0 Å². The first-order valence-corrected chi connectivity index (χ1v) is 10.2. The lowest BCUT2D eigenvalue weighted by atomic mass is 10.3. The van der Waals surface area contributed by atoms with E-state index < -0.39 is 10.0 Å². The Balaban J connectivity index is 1.54. The first kappa shape index (κ1) is 18.8. The molecule has 1 aliphatic heterocycles. The van der Waals surface area contributed by atoms with Gasteiger partial charge < -0.3 is 10.2 Å². The Labute approximate surface area is 158 Å². The molecule has 0 atom stereocenters. The molecular formula is C18H21ClN3O3S+. The summed E-state index contributed by atoms with van der Waals surface area (Å²) in [5, 5.41) is 3.30. The van der Waals surface area contributed by atoms with Crippen LogP contribution in [0.2, 0.25) is 5.02 Å². The van der Waals surface area contributed by atoms with E-state index in [-0.39, 0.29) is 12.5 Å². The van der Waals surface area contributed by atoms with Crippen molar-refractivity contribution in [3.63, 3.8) is 0 Å². The lowest BCUT2D eigenvalue weighted by Crippen LogP contribution is -3.15. The van der Waals surface area contributed by atoms with Gasteiger partial charge in [0.1, 0.15) is 0 Å². The van der Waals surface area contributed by atoms with Gasteiger partial charge in [-0.3, -0.25) is 4.79 Å². The number of benzene rings is 2. The number of amides is 1. The minimum absolute atomic E-state index is 0.132. The van der Waals surface area contributed by atoms with Crippen LogP contribution in [0.4, 0.5) is 5.69 Å². The number of quaternary nitrogens is 1. The molecule has 138 valence electrons. The molecule has 1 amide bonds. The SMILES string of the molecule is O=C(C[NH+]1CCN(S(=O)(=O)c2ccccc2)CC1)Nc1ccccc1Cl. The van der Waals surface area contributed by atoms with Crippen molar-refractivity contribution in [3.05, 3.63) is 59.6 Å². The number of hydrogen-bond acceptors (Lipinski definition) is 3. The van der Waals surface area contributed by atoms with Gasteiger partial charge in [-0.2, -0.15) is 4.31 Å². The van der Waals surface area contributed by atoms with Crippen LogP contribution >= 0.6 is 11.6 Å². The second-order valence-electron chi connectivity index (χ2n) is 6.17. The van der Waals surface area contributed by atoms with Gasteiger partial charge in [0.05, 0.1) is 41.8 Å². The van der Waals surface area contributed by atoms with Crippen LogP contribution in [0.5, 0.6) is 0 Å². The van der Waals surface area contributed by atoms with E-state index in [0.29, 0.717) is 41.8 Å². The second-order valence-corrected chi connectivity index (χ2v) is 8.52. The van der Waals surface area contributed by atoms with Crippen molar-refractivity contribution in [2.24, 2.45) is 0 Å². The molecular weight excluding hydrogens is 374 g/mol. The molecule has 3 rings (SSSR count). The maximum Gasteiger partial charge on any atom is 0.279 e. The zero-order valence-electron chi connectivity index (χ0n) is 14.2. The van der Waals surface area contributed by atoms with Gasteiger partial charge in [-0.25, -0.2) is 8.42 Å². The van der Waals surface area contributed by atoms with E-state index in [0.717, 1.165) is 4.90 Å². The molecule has 26 heavy (non-hydrogen) atoms. The summed E-state index contributed by atoms with van der Waals surface area (Å²) < 4.78 is 26.7. The minimum atomic E-state index is -3.47. The summed E-state index contributed by atoms with van der Waals surface area (Å²) in [6, 6.07) is 15.5. The van der Waals surface area contributed by atoms with Gasteiger partial charge in [0.25, 0.3) is 5.91 Å². The summed E-state index contributed by atoms with van der Waals surface area (Å²) in [6.45, 7) is 2.24. The number of nitrogens with zero attached hydrogens (tertiary/aromatic N) is 1. The van der Waals surface area contributed by atoms with Crippen molar-refractivity contribution in [2.75, 3.05) is 38.0 Å². The average molecular weight is 395 g/mol. The summed E-state index contributed by atoms with van der Waals surface area (Å²) in [7, 11) is -3.47. The lowest BCUT2D eigenvalue weighted by molar-refractivity contribution is -0.895. The van der Waals surface area contributed by atoms with Gasteiger partial charge in [-0.05, 0) is 24.3 Å². The van der Waals surface area contributed by atoms with Crippen molar-refractivity contribution in [2.45, 2.75) is 4.90 Å². The standard InChI is InChI=1S/C18H20ClN3O3S/c19-16-8-4-5-9-17(16)20-18(23)14-21-10-12-22(13-11-21)26(24,25)15-6-2-1-3-7-15/h1-9H,10-14H2,(H,20,23)/p+1. The van der Waals surface area contributed by atoms with Crippen molar-refractivity contribution < 1.29 is 18.1 Å². The van der Waals surface area contributed by atoms with Crippen LogP contribution in [0, 0.1) is 0 Å². The maximum absolute atomic E-state index is 12.6. The zero-order chi connectivity index (χ0) is 18.6. The number of anilines is 1. The Kier molecular flexibility index (Phi) is 5.93. The molecule has 0 spiro atoms. The van der Waals surface area contributed by atoms with Crippen LogP contribution in [-0.4, -0.2) is 51.4 Å². The topological polar surface area (TPSA) is 70.9 Å². The van der Waals surface area contributed by atoms with Crippen molar-refractivity contribution in [3.8, 4) is 0 Å². The van der Waals surface area contributed by atoms with E-state index >= 15 is 0 Å². The third kappa shape index (κ3) is 4.42. The number of sulfonamides is 1. The Morgan fingerprint density at radius 1 is 1.04 bits per heavy atom. The van der Waals surface area contributed by atoms with E-state index in [1.165, 1.54) is 4.31 Å². The summed E-state index contributed by atoms with van der Waals surface area (Å²) in [5.74, 6) is -0.132. The Hall–Kier alpha value is -1.93. The number of rotatable bonds is 5. The van der Waals surface area contributed by atoms with Crippen LogP contribution in [0.3, 0.4) is 0 Å². The van der Waals surface area contributed by atoms with Crippen LogP contribution in [0.1, 0.15) is 0 Å². The highest BCUT2D eigenvalue weighted by molar-refractivity contribution is 7.89. The Morgan fingerprint density at radius 3 is 2.31 bits per heavy atom. The molecule has 0 saturated carbocycles. The fourth-order valence-electron chi connectivity index (χ4n) is 2.95. The average Bonchev–Trinajstić information content (AvgIpc) is 2.65. The molecule has 8 heteroatoms. The second kappa shape index (κ2) is 8.18. The van der Waals surface area contributed by atoms with Crippen molar-refractivity contribution in [1.29, 1.82) is 0 Å². The predicted molar refractivity (Wildman–Crippen MR) is 101 cm³/mol. The highest BCUT2D eigenvalue weighted by Gasteiger charge is 2.31. The first-order valence-electron chi connectivity index (χ1n) is 8.40. The zero-order valence-corrected chi connectivity index (χ0v) is 15.8. The van der Waals surface area contributed by atoms with Crippen molar-refractivity contribution in [1.82, 2.24) is 4.31 Å². The molecule has 0 radical (unpaired) electrons. The number of nitrogens with one attached hydrogen (secondary N) is 2. The fraction of sp³-hybridized carbons (Fsp3) is 0.278. The van der Waals surface area contributed by atoms with E-state index in [1.54, 1.807) is 48.5 Å². The van der Waals surface area contributed by atoms with Gasteiger partial charge >= 0.3 is 0 Å². The molecule has 1 heterocycles. The smallest absolute Gasteiger partial charge is 0.279 e. The van der Waals surface area contributed by atoms with Crippen LogP contribution in [-0.2, 0) is 14.8 Å². The molecule has 2 aromatic carbocycles. The monoisotopic (exact) mass is 394 g/mol. The predicted octanol–water partition coefficient (Wildman–Crippen LogP) is 0.868. The molecule has 1 aliphatic rings. The normalized spacial score (nSPS) is 16.3. The third-order valence-corrected chi connectivity index (χ3v) is 6.61. The molecule has 0 aliphatic carbocycles. The largest absolute Gasteiger partial charge is 0.325 e. The van der Waals surface area contributed by atoms with E-state index in [4.69, 9.17) is 11.6 Å². The molecule has 0 unspecified atom stereocenters. The number of halogens is 1. The summed E-state index contributed by atoms with van der Waals surface area (Å²) in [6.07, 6.45) is 0. The van der Waals surface area contributed by atoms with Gasteiger partial charge in [0.15, 0.2) is 6.54 Å². The fourth-order valence-corrected chi connectivity index (χ4v) is 4.59. The maximum atomic E-state index is 12.6. The first-order chi connectivity index (χ1) is 12.5. The number of piperazine rings is 1. The summed E-state index contributed by atoms with van der Waals surface area (Å²) in [5.41, 5.74) is 0.587. The number of hydrogen-bond donors (Lipinski definition) is 2. The van der Waals surface area contributed by atoms with Crippen LogP contribution in [0.15, 0.2) is 59.5 Å². The van der Waals surface area contributed by atoms with Crippen LogP contribution < -0.4 is 10.2 Å². The molecule has 0 aromatic heterocycles. The van der Waals surface area contributed by atoms with Gasteiger partial charge in [-0.1, -0.05) is 41.9 Å². The van der Waals surface area contributed by atoms with E-state index in [9.17, 15) is 13.2 Å². The summed E-state index contributed by atoms with van der Waals surface area (Å²) in [4.78, 5) is 13.6. The molecule has 0 bridgehead atoms. The molecule has 2 N–H and O–H groups in total. The quantitative estimate of drug-likeness (QED) is 0.790. The molecule has 6 nitrogen and oxygen atoms in total. The minimum Gasteiger partial charge on any atom is -0.325 e. The number of para-hydroxylation sites is 1. The van der Waals surface area contributed by atoms with Gasteiger partial charge in [-0.15, -0.1) is 0 Å². The number of carbonyl (C=O) groups excluding carboxylic acids is 1. The van der Waals surface area contributed by atoms with Crippen molar-refractivity contribution >= 4 is 33.2 Å².